The lowest BCUT2D eigenvalue weighted by Crippen LogP contribution is -2.24. The first kappa shape index (κ1) is 13.9. The van der Waals surface area contributed by atoms with Crippen molar-refractivity contribution >= 4 is 11.6 Å². The largest absolute Gasteiger partial charge is 0.496 e. The van der Waals surface area contributed by atoms with Crippen LogP contribution in [0, 0.1) is 11.3 Å². The Morgan fingerprint density at radius 2 is 2.00 bits per heavy atom. The van der Waals surface area contributed by atoms with Gasteiger partial charge in [-0.25, -0.2) is 0 Å². The third kappa shape index (κ3) is 2.49. The molecule has 0 fully saturated rings. The molecule has 0 aliphatic carbocycles. The van der Waals surface area contributed by atoms with Crippen molar-refractivity contribution in [3.63, 3.8) is 0 Å². The summed E-state index contributed by atoms with van der Waals surface area (Å²) in [6.07, 6.45) is 0.931. The Morgan fingerprint density at radius 1 is 1.19 bits per heavy atom. The summed E-state index contributed by atoms with van der Waals surface area (Å²) in [6, 6.07) is 11.6. The van der Waals surface area contributed by atoms with Crippen LogP contribution in [0.2, 0.25) is 5.02 Å². The van der Waals surface area contributed by atoms with E-state index in [-0.39, 0.29) is 0 Å². The van der Waals surface area contributed by atoms with Crippen LogP contribution in [0.15, 0.2) is 30.3 Å². The first-order valence-corrected chi connectivity index (χ1v) is 7.22. The van der Waals surface area contributed by atoms with Crippen LogP contribution in [0.25, 0.3) is 11.1 Å². The van der Waals surface area contributed by atoms with Crippen molar-refractivity contribution in [2.75, 3.05) is 13.7 Å². The molecule has 0 amide bonds. The minimum Gasteiger partial charge on any atom is -0.496 e. The quantitative estimate of drug-likeness (QED) is 0.922. The summed E-state index contributed by atoms with van der Waals surface area (Å²) in [6.45, 7) is 1.75. The second-order valence-electron chi connectivity index (χ2n) is 5.01. The Morgan fingerprint density at radius 3 is 2.76 bits per heavy atom. The minimum absolute atomic E-state index is 0.594. The molecule has 1 aliphatic heterocycles. The number of hydrogen-bond donors (Lipinski definition) is 1. The second-order valence-corrected chi connectivity index (χ2v) is 5.41. The Labute approximate surface area is 129 Å². The molecule has 21 heavy (non-hydrogen) atoms. The van der Waals surface area contributed by atoms with Gasteiger partial charge in [-0.15, -0.1) is 0 Å². The molecule has 2 aromatic rings. The van der Waals surface area contributed by atoms with Gasteiger partial charge in [-0.2, -0.15) is 5.26 Å². The van der Waals surface area contributed by atoms with E-state index in [0.717, 1.165) is 35.7 Å². The lowest BCUT2D eigenvalue weighted by Gasteiger charge is -2.22. The highest BCUT2D eigenvalue weighted by atomic mass is 35.5. The van der Waals surface area contributed by atoms with Gasteiger partial charge < -0.3 is 10.1 Å². The lowest BCUT2D eigenvalue weighted by molar-refractivity contribution is 0.416. The molecule has 1 heterocycles. The Kier molecular flexibility index (Phi) is 3.83. The molecule has 1 aliphatic rings. The van der Waals surface area contributed by atoms with Crippen LogP contribution in [0.3, 0.4) is 0 Å². The van der Waals surface area contributed by atoms with Crippen molar-refractivity contribution in [1.29, 1.82) is 5.26 Å². The van der Waals surface area contributed by atoms with Crippen molar-refractivity contribution in [2.45, 2.75) is 13.0 Å². The number of fused-ring (bicyclic) bond motifs is 1. The SMILES string of the molecule is COc1cc(C#N)ccc1-c1ccc(Cl)c2c1CNCC2. The zero-order valence-corrected chi connectivity index (χ0v) is 12.5. The number of rotatable bonds is 2. The van der Waals surface area contributed by atoms with E-state index < -0.39 is 0 Å². The van der Waals surface area contributed by atoms with E-state index in [1.54, 1.807) is 13.2 Å². The van der Waals surface area contributed by atoms with Gasteiger partial charge in [-0.3, -0.25) is 0 Å². The van der Waals surface area contributed by atoms with E-state index in [4.69, 9.17) is 21.6 Å². The van der Waals surface area contributed by atoms with Gasteiger partial charge in [0.2, 0.25) is 0 Å². The van der Waals surface area contributed by atoms with Gasteiger partial charge in [0.1, 0.15) is 5.75 Å². The molecular formula is C17H15ClN2O. The molecule has 0 aromatic heterocycles. The van der Waals surface area contributed by atoms with Gasteiger partial charge in [0.15, 0.2) is 0 Å². The number of halogens is 1. The monoisotopic (exact) mass is 298 g/mol. The highest BCUT2D eigenvalue weighted by molar-refractivity contribution is 6.31. The zero-order valence-electron chi connectivity index (χ0n) is 11.7. The predicted octanol–water partition coefficient (Wildman–Crippen LogP) is 3.53. The normalized spacial score (nSPS) is 13.4. The molecule has 1 N–H and O–H groups in total. The summed E-state index contributed by atoms with van der Waals surface area (Å²) >= 11 is 6.32. The van der Waals surface area contributed by atoms with Crippen LogP contribution in [0.1, 0.15) is 16.7 Å². The Bertz CT molecular complexity index is 734. The van der Waals surface area contributed by atoms with Crippen LogP contribution in [0.4, 0.5) is 0 Å². The molecule has 0 saturated carbocycles. The van der Waals surface area contributed by atoms with Gasteiger partial charge in [0, 0.05) is 17.1 Å². The smallest absolute Gasteiger partial charge is 0.128 e. The molecule has 3 nitrogen and oxygen atoms in total. The Balaban J connectivity index is 2.20. The first-order chi connectivity index (χ1) is 10.2. The van der Waals surface area contributed by atoms with E-state index in [0.29, 0.717) is 11.3 Å². The molecule has 0 saturated heterocycles. The van der Waals surface area contributed by atoms with Crippen molar-refractivity contribution in [1.82, 2.24) is 5.32 Å². The standard InChI is InChI=1S/C17H15ClN2O/c1-21-17-8-11(9-19)2-3-14(17)12-4-5-16(18)13-6-7-20-10-15(12)13/h2-5,8,20H,6-7,10H2,1H3. The third-order valence-corrected chi connectivity index (χ3v) is 4.20. The maximum absolute atomic E-state index is 9.01. The summed E-state index contributed by atoms with van der Waals surface area (Å²) in [5.41, 5.74) is 5.13. The summed E-state index contributed by atoms with van der Waals surface area (Å²) < 4.78 is 5.46. The third-order valence-electron chi connectivity index (χ3n) is 3.85. The highest BCUT2D eigenvalue weighted by Crippen LogP contribution is 2.37. The van der Waals surface area contributed by atoms with E-state index in [9.17, 15) is 0 Å². The zero-order chi connectivity index (χ0) is 14.8. The summed E-state index contributed by atoms with van der Waals surface area (Å²) in [4.78, 5) is 0. The van der Waals surface area contributed by atoms with E-state index in [2.05, 4.69) is 11.4 Å². The molecule has 106 valence electrons. The van der Waals surface area contributed by atoms with Crippen LogP contribution < -0.4 is 10.1 Å². The van der Waals surface area contributed by atoms with Crippen molar-refractivity contribution in [3.8, 4) is 22.9 Å². The number of nitrogens with zero attached hydrogens (tertiary/aromatic N) is 1. The molecule has 0 spiro atoms. The molecular weight excluding hydrogens is 284 g/mol. The van der Waals surface area contributed by atoms with E-state index in [1.807, 2.05) is 24.3 Å². The molecule has 2 aromatic carbocycles. The van der Waals surface area contributed by atoms with Crippen LogP contribution in [-0.2, 0) is 13.0 Å². The van der Waals surface area contributed by atoms with Crippen molar-refractivity contribution < 1.29 is 4.74 Å². The predicted molar refractivity (Wildman–Crippen MR) is 83.6 cm³/mol. The average molecular weight is 299 g/mol. The lowest BCUT2D eigenvalue weighted by atomic mass is 9.91. The van der Waals surface area contributed by atoms with Crippen molar-refractivity contribution in [3.05, 3.63) is 52.0 Å². The minimum atomic E-state index is 0.594. The van der Waals surface area contributed by atoms with Gasteiger partial charge in [-0.05, 0) is 53.9 Å². The van der Waals surface area contributed by atoms with Crippen LogP contribution >= 0.6 is 11.6 Å². The number of nitrogens with one attached hydrogen (secondary N) is 1. The first-order valence-electron chi connectivity index (χ1n) is 6.84. The fourth-order valence-corrected chi connectivity index (χ4v) is 3.07. The highest BCUT2D eigenvalue weighted by Gasteiger charge is 2.19. The molecule has 0 atom stereocenters. The maximum atomic E-state index is 9.01. The fourth-order valence-electron chi connectivity index (χ4n) is 2.80. The second kappa shape index (κ2) is 5.77. The molecule has 0 unspecified atom stereocenters. The summed E-state index contributed by atoms with van der Waals surface area (Å²) in [5.74, 6) is 0.712. The number of nitriles is 1. The van der Waals surface area contributed by atoms with E-state index in [1.165, 1.54) is 11.1 Å². The average Bonchev–Trinajstić information content (AvgIpc) is 2.55. The van der Waals surface area contributed by atoms with Gasteiger partial charge in [0.05, 0.1) is 18.7 Å². The molecule has 0 radical (unpaired) electrons. The summed E-state index contributed by atoms with van der Waals surface area (Å²) in [5, 5.41) is 13.2. The van der Waals surface area contributed by atoms with Crippen LogP contribution in [0.5, 0.6) is 5.75 Å². The summed E-state index contributed by atoms with van der Waals surface area (Å²) in [7, 11) is 1.63. The number of methoxy groups -OCH3 is 1. The molecule has 0 bridgehead atoms. The number of hydrogen-bond acceptors (Lipinski definition) is 3. The Hall–Kier alpha value is -2.02. The van der Waals surface area contributed by atoms with Gasteiger partial charge in [0.25, 0.3) is 0 Å². The van der Waals surface area contributed by atoms with Crippen molar-refractivity contribution in [2.24, 2.45) is 0 Å². The number of ether oxygens (including phenoxy) is 1. The number of benzene rings is 2. The molecule has 3 rings (SSSR count). The van der Waals surface area contributed by atoms with Gasteiger partial charge >= 0.3 is 0 Å². The topological polar surface area (TPSA) is 45.0 Å². The van der Waals surface area contributed by atoms with E-state index >= 15 is 0 Å². The maximum Gasteiger partial charge on any atom is 0.128 e. The molecule has 4 heteroatoms. The van der Waals surface area contributed by atoms with Crippen LogP contribution in [-0.4, -0.2) is 13.7 Å². The fraction of sp³-hybridized carbons (Fsp3) is 0.235. The van der Waals surface area contributed by atoms with Gasteiger partial charge in [-0.1, -0.05) is 17.7 Å².